The van der Waals surface area contributed by atoms with E-state index in [0.717, 1.165) is 24.2 Å². The van der Waals surface area contributed by atoms with Crippen LogP contribution in [0.2, 0.25) is 0 Å². The van der Waals surface area contributed by atoms with Crippen molar-refractivity contribution in [3.8, 4) is 0 Å². The topological polar surface area (TPSA) is 74.5 Å². The van der Waals surface area contributed by atoms with E-state index in [9.17, 15) is 5.11 Å². The first-order chi connectivity index (χ1) is 15.3. The van der Waals surface area contributed by atoms with Gasteiger partial charge in [0.15, 0.2) is 5.96 Å². The van der Waals surface area contributed by atoms with Crippen LogP contribution in [0.3, 0.4) is 0 Å². The second-order valence-corrected chi connectivity index (χ2v) is 9.02. The zero-order valence-corrected chi connectivity index (χ0v) is 19.5. The zero-order chi connectivity index (χ0) is 23.0. The molecule has 2 aromatic carbocycles. The standard InChI is InChI=1S/C26H35N5O/c1-5-28-25(30-17-24(32)22-9-11-23(12-10-22)26(2,3)4)29-16-20-7-6-8-21(15-20)18-31-14-13-27-19-31/h6-15,19,24,32H,5,16-18H2,1-4H3,(H2,28,29,30). The fraction of sp³-hybridized carbons (Fsp3) is 0.385. The second kappa shape index (κ2) is 11.0. The minimum atomic E-state index is -0.605. The van der Waals surface area contributed by atoms with Crippen molar-refractivity contribution in [3.63, 3.8) is 0 Å². The molecule has 1 heterocycles. The molecule has 3 N–H and O–H groups in total. The van der Waals surface area contributed by atoms with Crippen LogP contribution in [-0.2, 0) is 18.5 Å². The molecule has 3 rings (SSSR count). The second-order valence-electron chi connectivity index (χ2n) is 9.02. The number of benzene rings is 2. The van der Waals surface area contributed by atoms with Gasteiger partial charge in [-0.15, -0.1) is 0 Å². The maximum absolute atomic E-state index is 10.6. The normalized spacial score (nSPS) is 13.1. The number of imidazole rings is 1. The van der Waals surface area contributed by atoms with Crippen LogP contribution in [0.1, 0.15) is 56.1 Å². The number of hydrogen-bond acceptors (Lipinski definition) is 3. The van der Waals surface area contributed by atoms with Crippen LogP contribution in [-0.4, -0.2) is 33.7 Å². The molecule has 0 aliphatic rings. The van der Waals surface area contributed by atoms with Crippen molar-refractivity contribution in [3.05, 3.63) is 89.5 Å². The summed E-state index contributed by atoms with van der Waals surface area (Å²) in [5, 5.41) is 17.1. The van der Waals surface area contributed by atoms with Crippen molar-refractivity contribution in [2.24, 2.45) is 4.99 Å². The highest BCUT2D eigenvalue weighted by atomic mass is 16.3. The van der Waals surface area contributed by atoms with E-state index in [1.807, 2.05) is 36.1 Å². The fourth-order valence-corrected chi connectivity index (χ4v) is 3.45. The molecule has 1 aromatic heterocycles. The summed E-state index contributed by atoms with van der Waals surface area (Å²) < 4.78 is 2.05. The maximum atomic E-state index is 10.6. The molecular formula is C26H35N5O. The minimum absolute atomic E-state index is 0.0999. The van der Waals surface area contributed by atoms with Crippen molar-refractivity contribution in [2.45, 2.75) is 52.3 Å². The van der Waals surface area contributed by atoms with E-state index in [1.165, 1.54) is 11.1 Å². The summed E-state index contributed by atoms with van der Waals surface area (Å²) in [5.41, 5.74) is 4.60. The van der Waals surface area contributed by atoms with Crippen molar-refractivity contribution < 1.29 is 5.11 Å². The molecule has 0 amide bonds. The summed E-state index contributed by atoms with van der Waals surface area (Å²) in [6.07, 6.45) is 4.96. The molecule has 0 radical (unpaired) electrons. The third-order valence-corrected chi connectivity index (χ3v) is 5.30. The molecule has 6 nitrogen and oxygen atoms in total. The van der Waals surface area contributed by atoms with Crippen LogP contribution < -0.4 is 10.6 Å². The molecule has 0 fully saturated rings. The molecule has 0 saturated heterocycles. The Balaban J connectivity index is 1.59. The van der Waals surface area contributed by atoms with Gasteiger partial charge in [0.05, 0.1) is 19.0 Å². The van der Waals surface area contributed by atoms with Gasteiger partial charge < -0.3 is 20.3 Å². The van der Waals surface area contributed by atoms with Gasteiger partial charge in [0, 0.05) is 32.0 Å². The Morgan fingerprint density at radius 1 is 1.09 bits per heavy atom. The smallest absolute Gasteiger partial charge is 0.191 e. The number of hydrogen-bond donors (Lipinski definition) is 3. The predicted octanol–water partition coefficient (Wildman–Crippen LogP) is 4.02. The molecule has 170 valence electrons. The highest BCUT2D eigenvalue weighted by molar-refractivity contribution is 5.79. The molecule has 0 bridgehead atoms. The van der Waals surface area contributed by atoms with Gasteiger partial charge >= 0.3 is 0 Å². The first-order valence-corrected chi connectivity index (χ1v) is 11.2. The number of aliphatic hydroxyl groups is 1. The number of nitrogens with zero attached hydrogens (tertiary/aromatic N) is 3. The van der Waals surface area contributed by atoms with Crippen molar-refractivity contribution in [2.75, 3.05) is 13.1 Å². The molecule has 0 saturated carbocycles. The first-order valence-electron chi connectivity index (χ1n) is 11.2. The Hall–Kier alpha value is -3.12. The van der Waals surface area contributed by atoms with Gasteiger partial charge in [-0.05, 0) is 34.6 Å². The summed E-state index contributed by atoms with van der Waals surface area (Å²) in [6, 6.07) is 16.6. The van der Waals surface area contributed by atoms with E-state index in [-0.39, 0.29) is 5.41 Å². The Kier molecular flexibility index (Phi) is 8.06. The summed E-state index contributed by atoms with van der Waals surface area (Å²) in [4.78, 5) is 8.79. The van der Waals surface area contributed by atoms with Gasteiger partial charge in [0.25, 0.3) is 0 Å². The van der Waals surface area contributed by atoms with E-state index < -0.39 is 6.10 Å². The lowest BCUT2D eigenvalue weighted by Crippen LogP contribution is -2.39. The van der Waals surface area contributed by atoms with E-state index in [1.54, 1.807) is 6.20 Å². The predicted molar refractivity (Wildman–Crippen MR) is 131 cm³/mol. The monoisotopic (exact) mass is 433 g/mol. The van der Waals surface area contributed by atoms with Gasteiger partial charge in [-0.3, -0.25) is 0 Å². The quantitative estimate of drug-likeness (QED) is 0.371. The number of aliphatic imine (C=N–C) groups is 1. The zero-order valence-electron chi connectivity index (χ0n) is 19.5. The van der Waals surface area contributed by atoms with Gasteiger partial charge in [0.1, 0.15) is 0 Å². The van der Waals surface area contributed by atoms with Crippen LogP contribution in [0.15, 0.2) is 72.2 Å². The molecule has 1 atom stereocenters. The summed E-state index contributed by atoms with van der Waals surface area (Å²) in [5.74, 6) is 0.692. The van der Waals surface area contributed by atoms with Gasteiger partial charge in [0.2, 0.25) is 0 Å². The molecular weight excluding hydrogens is 398 g/mol. The lowest BCUT2D eigenvalue weighted by Gasteiger charge is -2.20. The minimum Gasteiger partial charge on any atom is -0.387 e. The van der Waals surface area contributed by atoms with Crippen LogP contribution >= 0.6 is 0 Å². The summed E-state index contributed by atoms with van der Waals surface area (Å²) >= 11 is 0. The summed E-state index contributed by atoms with van der Waals surface area (Å²) in [6.45, 7) is 11.1. The lowest BCUT2D eigenvalue weighted by atomic mass is 9.86. The average Bonchev–Trinajstić information content (AvgIpc) is 3.28. The van der Waals surface area contributed by atoms with Crippen LogP contribution in [0.25, 0.3) is 0 Å². The third-order valence-electron chi connectivity index (χ3n) is 5.30. The number of nitrogens with one attached hydrogen (secondary N) is 2. The van der Waals surface area contributed by atoms with E-state index in [2.05, 4.69) is 72.8 Å². The fourth-order valence-electron chi connectivity index (χ4n) is 3.45. The van der Waals surface area contributed by atoms with Gasteiger partial charge in [-0.1, -0.05) is 69.3 Å². The van der Waals surface area contributed by atoms with Gasteiger partial charge in [-0.2, -0.15) is 0 Å². The maximum Gasteiger partial charge on any atom is 0.191 e. The van der Waals surface area contributed by atoms with Gasteiger partial charge in [-0.25, -0.2) is 9.98 Å². The van der Waals surface area contributed by atoms with Crippen molar-refractivity contribution in [1.29, 1.82) is 0 Å². The van der Waals surface area contributed by atoms with Crippen LogP contribution in [0, 0.1) is 0 Å². The molecule has 6 heteroatoms. The molecule has 0 aliphatic heterocycles. The molecule has 1 unspecified atom stereocenters. The molecule has 32 heavy (non-hydrogen) atoms. The Morgan fingerprint density at radius 2 is 1.84 bits per heavy atom. The SMILES string of the molecule is CCNC(=NCc1cccc(Cn2ccnc2)c1)NCC(O)c1ccc(C(C)(C)C)cc1. The number of rotatable bonds is 8. The first kappa shape index (κ1) is 23.5. The lowest BCUT2D eigenvalue weighted by molar-refractivity contribution is 0.181. The van der Waals surface area contributed by atoms with Crippen molar-refractivity contribution >= 4 is 5.96 Å². The Morgan fingerprint density at radius 3 is 2.50 bits per heavy atom. The molecule has 0 spiro atoms. The largest absolute Gasteiger partial charge is 0.387 e. The van der Waals surface area contributed by atoms with Crippen molar-refractivity contribution in [1.82, 2.24) is 20.2 Å². The Bertz CT molecular complexity index is 988. The van der Waals surface area contributed by atoms with Crippen LogP contribution in [0.5, 0.6) is 0 Å². The average molecular weight is 434 g/mol. The molecule has 0 aliphatic carbocycles. The summed E-state index contributed by atoms with van der Waals surface area (Å²) in [7, 11) is 0. The van der Waals surface area contributed by atoms with E-state index in [0.29, 0.717) is 19.0 Å². The highest BCUT2D eigenvalue weighted by Crippen LogP contribution is 2.23. The van der Waals surface area contributed by atoms with E-state index >= 15 is 0 Å². The van der Waals surface area contributed by atoms with E-state index in [4.69, 9.17) is 4.99 Å². The number of guanidine groups is 1. The van der Waals surface area contributed by atoms with Crippen LogP contribution in [0.4, 0.5) is 0 Å². The number of aromatic nitrogens is 2. The Labute approximate surface area is 191 Å². The number of aliphatic hydroxyl groups excluding tert-OH is 1. The highest BCUT2D eigenvalue weighted by Gasteiger charge is 2.15. The molecule has 3 aromatic rings. The third kappa shape index (κ3) is 6.95.